The number of halogens is 1. The van der Waals surface area contributed by atoms with Gasteiger partial charge in [0.2, 0.25) is 0 Å². The molecule has 3 nitrogen and oxygen atoms in total. The lowest BCUT2D eigenvalue weighted by atomic mass is 10.0. The molecule has 2 aromatic rings. The van der Waals surface area contributed by atoms with E-state index >= 15 is 0 Å². The Labute approximate surface area is 133 Å². The normalized spacial score (nSPS) is 10.5. The zero-order valence-corrected chi connectivity index (χ0v) is 13.7. The van der Waals surface area contributed by atoms with E-state index in [2.05, 4.69) is 35.1 Å². The van der Waals surface area contributed by atoms with E-state index in [9.17, 15) is 4.79 Å². The Balaban J connectivity index is 1.97. The minimum atomic E-state index is -0.180. The number of ether oxygens (including phenoxy) is 1. The van der Waals surface area contributed by atoms with Crippen molar-refractivity contribution in [2.24, 2.45) is 0 Å². The second kappa shape index (κ2) is 7.27. The third-order valence-corrected chi connectivity index (χ3v) is 3.74. The average molecular weight is 348 g/mol. The molecular weight excluding hydrogens is 330 g/mol. The van der Waals surface area contributed by atoms with Crippen molar-refractivity contribution in [2.75, 3.05) is 11.9 Å². The molecule has 0 bridgehead atoms. The number of anilines is 1. The predicted octanol–water partition coefficient (Wildman–Crippen LogP) is 4.59. The van der Waals surface area contributed by atoms with Crippen LogP contribution in [0, 0.1) is 0 Å². The van der Waals surface area contributed by atoms with Crippen LogP contribution in [0.5, 0.6) is 5.75 Å². The van der Waals surface area contributed by atoms with Gasteiger partial charge < -0.3 is 10.1 Å². The summed E-state index contributed by atoms with van der Waals surface area (Å²) in [6.07, 6.45) is 0. The molecule has 0 aromatic heterocycles. The molecule has 0 saturated heterocycles. The maximum absolute atomic E-state index is 12.0. The standard InChI is InChI=1S/C17H18BrNO2/c1-12(2)13-7-3-6-10-16(13)21-11-17(20)19-15-9-5-4-8-14(15)18/h3-10,12H,11H2,1-2H3,(H,19,20). The largest absolute Gasteiger partial charge is 0.483 e. The molecule has 0 atom stereocenters. The first-order valence-corrected chi connectivity index (χ1v) is 7.63. The SMILES string of the molecule is CC(C)c1ccccc1OCC(=O)Nc1ccccc1Br. The Hall–Kier alpha value is -1.81. The smallest absolute Gasteiger partial charge is 0.262 e. The lowest BCUT2D eigenvalue weighted by Gasteiger charge is -2.14. The summed E-state index contributed by atoms with van der Waals surface area (Å²) < 4.78 is 6.49. The van der Waals surface area contributed by atoms with Crippen molar-refractivity contribution in [1.82, 2.24) is 0 Å². The Kier molecular flexibility index (Phi) is 5.39. The molecule has 4 heteroatoms. The zero-order chi connectivity index (χ0) is 15.2. The van der Waals surface area contributed by atoms with E-state index in [1.807, 2.05) is 48.5 Å². The van der Waals surface area contributed by atoms with Crippen LogP contribution in [0.4, 0.5) is 5.69 Å². The van der Waals surface area contributed by atoms with Gasteiger partial charge in [-0.25, -0.2) is 0 Å². The van der Waals surface area contributed by atoms with Crippen LogP contribution in [0.3, 0.4) is 0 Å². The lowest BCUT2D eigenvalue weighted by molar-refractivity contribution is -0.118. The molecule has 0 saturated carbocycles. The van der Waals surface area contributed by atoms with Gasteiger partial charge in [-0.1, -0.05) is 44.2 Å². The number of hydrogen-bond acceptors (Lipinski definition) is 2. The molecule has 21 heavy (non-hydrogen) atoms. The molecule has 0 spiro atoms. The van der Waals surface area contributed by atoms with Crippen LogP contribution < -0.4 is 10.1 Å². The summed E-state index contributed by atoms with van der Waals surface area (Å²) in [6.45, 7) is 4.19. The highest BCUT2D eigenvalue weighted by Crippen LogP contribution is 2.26. The number of nitrogens with one attached hydrogen (secondary N) is 1. The summed E-state index contributed by atoms with van der Waals surface area (Å²) >= 11 is 3.40. The van der Waals surface area contributed by atoms with Gasteiger partial charge in [0, 0.05) is 4.47 Å². The van der Waals surface area contributed by atoms with Crippen LogP contribution in [0.1, 0.15) is 25.3 Å². The van der Waals surface area contributed by atoms with Crippen molar-refractivity contribution in [2.45, 2.75) is 19.8 Å². The predicted molar refractivity (Wildman–Crippen MR) is 88.8 cm³/mol. The molecule has 1 amide bonds. The Morgan fingerprint density at radius 3 is 2.52 bits per heavy atom. The third-order valence-electron chi connectivity index (χ3n) is 3.05. The van der Waals surface area contributed by atoms with Crippen LogP contribution in [-0.2, 0) is 4.79 Å². The van der Waals surface area contributed by atoms with E-state index in [0.717, 1.165) is 21.5 Å². The van der Waals surface area contributed by atoms with Crippen molar-refractivity contribution in [3.05, 3.63) is 58.6 Å². The van der Waals surface area contributed by atoms with Crippen molar-refractivity contribution >= 4 is 27.5 Å². The van der Waals surface area contributed by atoms with Crippen molar-refractivity contribution in [1.29, 1.82) is 0 Å². The van der Waals surface area contributed by atoms with Gasteiger partial charge in [-0.15, -0.1) is 0 Å². The third kappa shape index (κ3) is 4.33. The monoisotopic (exact) mass is 347 g/mol. The number of hydrogen-bond donors (Lipinski definition) is 1. The van der Waals surface area contributed by atoms with Crippen LogP contribution in [-0.4, -0.2) is 12.5 Å². The Bertz CT molecular complexity index is 626. The van der Waals surface area contributed by atoms with Gasteiger partial charge in [-0.3, -0.25) is 4.79 Å². The van der Waals surface area contributed by atoms with Crippen LogP contribution in [0.25, 0.3) is 0 Å². The molecule has 0 radical (unpaired) electrons. The number of para-hydroxylation sites is 2. The van der Waals surface area contributed by atoms with E-state index in [-0.39, 0.29) is 12.5 Å². The van der Waals surface area contributed by atoms with Crippen molar-refractivity contribution in [3.8, 4) is 5.75 Å². The fourth-order valence-corrected chi connectivity index (χ4v) is 2.37. The van der Waals surface area contributed by atoms with Gasteiger partial charge in [0.05, 0.1) is 5.69 Å². The fourth-order valence-electron chi connectivity index (χ4n) is 1.98. The van der Waals surface area contributed by atoms with Gasteiger partial charge in [0.25, 0.3) is 5.91 Å². The summed E-state index contributed by atoms with van der Waals surface area (Å²) in [6, 6.07) is 15.3. The van der Waals surface area contributed by atoms with Gasteiger partial charge >= 0.3 is 0 Å². The minimum absolute atomic E-state index is 0.00886. The quantitative estimate of drug-likeness (QED) is 0.858. The van der Waals surface area contributed by atoms with E-state index in [4.69, 9.17) is 4.74 Å². The van der Waals surface area contributed by atoms with Gasteiger partial charge in [-0.2, -0.15) is 0 Å². The highest BCUT2D eigenvalue weighted by Gasteiger charge is 2.10. The molecule has 0 unspecified atom stereocenters. The molecule has 0 aliphatic rings. The van der Waals surface area contributed by atoms with Gasteiger partial charge in [0.1, 0.15) is 5.75 Å². The fraction of sp³-hybridized carbons (Fsp3) is 0.235. The summed E-state index contributed by atoms with van der Waals surface area (Å²) in [5.41, 5.74) is 1.84. The van der Waals surface area contributed by atoms with Crippen LogP contribution in [0.15, 0.2) is 53.0 Å². The molecule has 2 aromatic carbocycles. The second-order valence-electron chi connectivity index (χ2n) is 5.01. The summed E-state index contributed by atoms with van der Waals surface area (Å²) in [5, 5.41) is 2.82. The molecule has 2 rings (SSSR count). The summed E-state index contributed by atoms with van der Waals surface area (Å²) in [5.74, 6) is 0.933. The van der Waals surface area contributed by atoms with E-state index in [0.29, 0.717) is 5.92 Å². The maximum Gasteiger partial charge on any atom is 0.262 e. The van der Waals surface area contributed by atoms with Gasteiger partial charge in [0.15, 0.2) is 6.61 Å². The van der Waals surface area contributed by atoms with Crippen LogP contribution >= 0.6 is 15.9 Å². The molecular formula is C17H18BrNO2. The molecule has 0 aliphatic carbocycles. The van der Waals surface area contributed by atoms with E-state index in [1.165, 1.54) is 0 Å². The minimum Gasteiger partial charge on any atom is -0.483 e. The average Bonchev–Trinajstić information content (AvgIpc) is 2.48. The molecule has 0 fully saturated rings. The Morgan fingerprint density at radius 2 is 1.81 bits per heavy atom. The molecule has 0 heterocycles. The first-order valence-electron chi connectivity index (χ1n) is 6.84. The molecule has 110 valence electrons. The van der Waals surface area contributed by atoms with Gasteiger partial charge in [-0.05, 0) is 45.6 Å². The van der Waals surface area contributed by atoms with E-state index < -0.39 is 0 Å². The lowest BCUT2D eigenvalue weighted by Crippen LogP contribution is -2.20. The number of carbonyl (C=O) groups is 1. The number of rotatable bonds is 5. The highest BCUT2D eigenvalue weighted by atomic mass is 79.9. The maximum atomic E-state index is 12.0. The first-order chi connectivity index (χ1) is 10.1. The van der Waals surface area contributed by atoms with Crippen molar-refractivity contribution < 1.29 is 9.53 Å². The summed E-state index contributed by atoms with van der Waals surface area (Å²) in [4.78, 5) is 12.0. The van der Waals surface area contributed by atoms with Crippen molar-refractivity contribution in [3.63, 3.8) is 0 Å². The zero-order valence-electron chi connectivity index (χ0n) is 12.1. The molecule has 1 N–H and O–H groups in total. The number of carbonyl (C=O) groups excluding carboxylic acids is 1. The Morgan fingerprint density at radius 1 is 1.14 bits per heavy atom. The van der Waals surface area contributed by atoms with E-state index in [1.54, 1.807) is 0 Å². The number of benzene rings is 2. The number of amides is 1. The first kappa shape index (κ1) is 15.6. The highest BCUT2D eigenvalue weighted by molar-refractivity contribution is 9.10. The second-order valence-corrected chi connectivity index (χ2v) is 5.86. The topological polar surface area (TPSA) is 38.3 Å². The van der Waals surface area contributed by atoms with Crippen LogP contribution in [0.2, 0.25) is 0 Å². The summed E-state index contributed by atoms with van der Waals surface area (Å²) in [7, 11) is 0. The molecule has 0 aliphatic heterocycles.